The van der Waals surface area contributed by atoms with Crippen molar-refractivity contribution in [3.8, 4) is 16.9 Å². The van der Waals surface area contributed by atoms with Crippen LogP contribution in [0.2, 0.25) is 0 Å². The predicted molar refractivity (Wildman–Crippen MR) is 98.4 cm³/mol. The molecule has 7 heteroatoms. The van der Waals surface area contributed by atoms with Gasteiger partial charge in [0.25, 0.3) is 5.91 Å². The first-order chi connectivity index (χ1) is 12.5. The smallest absolute Gasteiger partial charge is 0.271 e. The molecule has 4 aromatic rings. The van der Waals surface area contributed by atoms with Crippen molar-refractivity contribution in [2.45, 2.75) is 13.8 Å². The molecular formula is C19H18N6O. The first-order valence-electron chi connectivity index (χ1n) is 8.26. The van der Waals surface area contributed by atoms with Crippen LogP contribution in [-0.4, -0.2) is 37.1 Å². The third kappa shape index (κ3) is 2.73. The number of rotatable bonds is 3. The number of aromatic nitrogens is 5. The zero-order valence-corrected chi connectivity index (χ0v) is 14.8. The summed E-state index contributed by atoms with van der Waals surface area (Å²) in [5, 5.41) is 7.07. The molecule has 26 heavy (non-hydrogen) atoms. The maximum Gasteiger partial charge on any atom is 0.271 e. The summed E-state index contributed by atoms with van der Waals surface area (Å²) < 4.78 is 3.73. The number of carbonyl (C=O) groups is 1. The number of imidazole rings is 1. The fourth-order valence-electron chi connectivity index (χ4n) is 2.95. The molecule has 0 spiro atoms. The monoisotopic (exact) mass is 346 g/mol. The first-order valence-corrected chi connectivity index (χ1v) is 8.26. The van der Waals surface area contributed by atoms with Gasteiger partial charge in [-0.05, 0) is 32.0 Å². The summed E-state index contributed by atoms with van der Waals surface area (Å²) in [6, 6.07) is 10.1. The SMILES string of the molecule is CNC(=O)c1cn2cc(-c3ccc(-n4nc(C)cc4C)cc3)nc2cn1. The van der Waals surface area contributed by atoms with E-state index >= 15 is 0 Å². The molecule has 3 aromatic heterocycles. The molecule has 3 heterocycles. The van der Waals surface area contributed by atoms with Crippen molar-refractivity contribution in [3.05, 3.63) is 66.0 Å². The topological polar surface area (TPSA) is 77.1 Å². The van der Waals surface area contributed by atoms with Crippen LogP contribution in [0, 0.1) is 13.8 Å². The Labute approximate surface area is 150 Å². The minimum absolute atomic E-state index is 0.226. The van der Waals surface area contributed by atoms with Gasteiger partial charge in [0, 0.05) is 30.7 Å². The Hall–Kier alpha value is -3.48. The molecule has 0 fully saturated rings. The summed E-state index contributed by atoms with van der Waals surface area (Å²) in [5.74, 6) is -0.226. The zero-order valence-electron chi connectivity index (χ0n) is 14.8. The maximum atomic E-state index is 11.7. The molecule has 1 aromatic carbocycles. The molecule has 130 valence electrons. The van der Waals surface area contributed by atoms with Gasteiger partial charge in [-0.25, -0.2) is 14.6 Å². The Kier molecular flexibility index (Phi) is 3.76. The molecule has 7 nitrogen and oxygen atoms in total. The summed E-state index contributed by atoms with van der Waals surface area (Å²) >= 11 is 0. The molecular weight excluding hydrogens is 328 g/mol. The van der Waals surface area contributed by atoms with Gasteiger partial charge in [0.15, 0.2) is 5.65 Å². The number of benzene rings is 1. The highest BCUT2D eigenvalue weighted by Crippen LogP contribution is 2.21. The van der Waals surface area contributed by atoms with Crippen molar-refractivity contribution in [3.63, 3.8) is 0 Å². The van der Waals surface area contributed by atoms with E-state index < -0.39 is 0 Å². The van der Waals surface area contributed by atoms with E-state index in [1.807, 2.05) is 59.5 Å². The third-order valence-electron chi connectivity index (χ3n) is 4.22. The van der Waals surface area contributed by atoms with E-state index in [2.05, 4.69) is 20.4 Å². The van der Waals surface area contributed by atoms with E-state index in [-0.39, 0.29) is 5.91 Å². The van der Waals surface area contributed by atoms with E-state index in [9.17, 15) is 4.79 Å². The molecule has 0 unspecified atom stereocenters. The second-order valence-electron chi connectivity index (χ2n) is 6.13. The van der Waals surface area contributed by atoms with Crippen molar-refractivity contribution < 1.29 is 4.79 Å². The summed E-state index contributed by atoms with van der Waals surface area (Å²) in [6.45, 7) is 4.02. The number of hydrogen-bond acceptors (Lipinski definition) is 4. The fraction of sp³-hybridized carbons (Fsp3) is 0.158. The second kappa shape index (κ2) is 6.11. The molecule has 4 rings (SSSR count). The molecule has 1 N–H and O–H groups in total. The van der Waals surface area contributed by atoms with Crippen molar-refractivity contribution in [2.75, 3.05) is 7.05 Å². The van der Waals surface area contributed by atoms with Crippen molar-refractivity contribution in [2.24, 2.45) is 0 Å². The van der Waals surface area contributed by atoms with Gasteiger partial charge in [-0.15, -0.1) is 0 Å². The molecule has 1 amide bonds. The summed E-state index contributed by atoms with van der Waals surface area (Å²) in [4.78, 5) is 20.4. The Morgan fingerprint density at radius 3 is 2.54 bits per heavy atom. The average Bonchev–Trinajstić information content (AvgIpc) is 3.23. The Morgan fingerprint density at radius 1 is 1.12 bits per heavy atom. The third-order valence-corrected chi connectivity index (χ3v) is 4.22. The fourth-order valence-corrected chi connectivity index (χ4v) is 2.95. The molecule has 0 aliphatic carbocycles. The average molecular weight is 346 g/mol. The number of nitrogens with one attached hydrogen (secondary N) is 1. The van der Waals surface area contributed by atoms with Crippen LogP contribution in [-0.2, 0) is 0 Å². The molecule has 0 bridgehead atoms. The van der Waals surface area contributed by atoms with Crippen LogP contribution in [0.1, 0.15) is 21.9 Å². The summed E-state index contributed by atoms with van der Waals surface area (Å²) in [6.07, 6.45) is 5.16. The lowest BCUT2D eigenvalue weighted by atomic mass is 10.1. The minimum atomic E-state index is -0.226. The summed E-state index contributed by atoms with van der Waals surface area (Å²) in [5.41, 5.74) is 5.94. The van der Waals surface area contributed by atoms with Gasteiger partial charge >= 0.3 is 0 Å². The quantitative estimate of drug-likeness (QED) is 0.618. The van der Waals surface area contributed by atoms with Crippen molar-refractivity contribution in [1.82, 2.24) is 29.5 Å². The van der Waals surface area contributed by atoms with Gasteiger partial charge < -0.3 is 9.72 Å². The van der Waals surface area contributed by atoms with Crippen molar-refractivity contribution in [1.29, 1.82) is 0 Å². The number of fused-ring (bicyclic) bond motifs is 1. The van der Waals surface area contributed by atoms with Gasteiger partial charge in [0.1, 0.15) is 5.69 Å². The Morgan fingerprint density at radius 2 is 1.88 bits per heavy atom. The molecule has 0 aliphatic rings. The van der Waals surface area contributed by atoms with Gasteiger partial charge in [0.05, 0.1) is 23.3 Å². The largest absolute Gasteiger partial charge is 0.354 e. The highest BCUT2D eigenvalue weighted by atomic mass is 16.1. The summed E-state index contributed by atoms with van der Waals surface area (Å²) in [7, 11) is 1.58. The number of hydrogen-bond donors (Lipinski definition) is 1. The van der Waals surface area contributed by atoms with Crippen molar-refractivity contribution >= 4 is 11.6 Å². The first kappa shape index (κ1) is 16.0. The molecule has 0 radical (unpaired) electrons. The molecule has 0 saturated carbocycles. The Balaban J connectivity index is 1.69. The lowest BCUT2D eigenvalue weighted by molar-refractivity contribution is 0.0957. The molecule has 0 saturated heterocycles. The van der Waals surface area contributed by atoms with Crippen LogP contribution < -0.4 is 5.32 Å². The number of nitrogens with zero attached hydrogens (tertiary/aromatic N) is 5. The zero-order chi connectivity index (χ0) is 18.3. The normalized spacial score (nSPS) is 11.0. The number of carbonyl (C=O) groups excluding carboxylic acids is 1. The number of aryl methyl sites for hydroxylation is 2. The lowest BCUT2D eigenvalue weighted by Crippen LogP contribution is -2.19. The molecule has 0 aliphatic heterocycles. The van der Waals surface area contributed by atoms with E-state index in [0.29, 0.717) is 11.3 Å². The second-order valence-corrected chi connectivity index (χ2v) is 6.13. The van der Waals surface area contributed by atoms with Crippen LogP contribution in [0.3, 0.4) is 0 Å². The van der Waals surface area contributed by atoms with E-state index in [4.69, 9.17) is 0 Å². The minimum Gasteiger partial charge on any atom is -0.354 e. The van der Waals surface area contributed by atoms with Crippen LogP contribution in [0.4, 0.5) is 0 Å². The van der Waals surface area contributed by atoms with Crippen LogP contribution in [0.15, 0.2) is 48.9 Å². The van der Waals surface area contributed by atoms with Gasteiger partial charge in [-0.1, -0.05) is 12.1 Å². The van der Waals surface area contributed by atoms with Gasteiger partial charge in [0.2, 0.25) is 0 Å². The van der Waals surface area contributed by atoms with Crippen LogP contribution in [0.25, 0.3) is 22.6 Å². The molecule has 0 atom stereocenters. The standard InChI is InChI=1S/C19H18N6O/c1-12-8-13(2)25(23-12)15-6-4-14(5-7-15)16-10-24-11-17(19(26)20-3)21-9-18(24)22-16/h4-11H,1-3H3,(H,20,26). The highest BCUT2D eigenvalue weighted by Gasteiger charge is 2.10. The van der Waals surface area contributed by atoms with Crippen LogP contribution >= 0.6 is 0 Å². The van der Waals surface area contributed by atoms with E-state index in [1.54, 1.807) is 19.4 Å². The predicted octanol–water partition coefficient (Wildman–Crippen LogP) is 2.56. The van der Waals surface area contributed by atoms with Crippen LogP contribution in [0.5, 0.6) is 0 Å². The van der Waals surface area contributed by atoms with Gasteiger partial charge in [-0.2, -0.15) is 5.10 Å². The van der Waals surface area contributed by atoms with E-state index in [1.165, 1.54) is 0 Å². The van der Waals surface area contributed by atoms with E-state index in [0.717, 1.165) is 28.3 Å². The Bertz CT molecular complexity index is 1110. The highest BCUT2D eigenvalue weighted by molar-refractivity contribution is 5.91. The van der Waals surface area contributed by atoms with Gasteiger partial charge in [-0.3, -0.25) is 4.79 Å². The lowest BCUT2D eigenvalue weighted by Gasteiger charge is -2.05. The number of amides is 1. The maximum absolute atomic E-state index is 11.7.